The Morgan fingerprint density at radius 3 is 3.05 bits per heavy atom. The maximum absolute atomic E-state index is 4.66. The van der Waals surface area contributed by atoms with Crippen molar-refractivity contribution in [2.24, 2.45) is 0 Å². The van der Waals surface area contributed by atoms with E-state index in [0.717, 1.165) is 11.9 Å². The molecule has 0 radical (unpaired) electrons. The molecule has 0 aliphatic carbocycles. The molecule has 1 unspecified atom stereocenters. The third kappa shape index (κ3) is 2.62. The molecule has 1 fully saturated rings. The number of fused-ring (bicyclic) bond motifs is 1. The minimum atomic E-state index is 0.663. The third-order valence-corrected chi connectivity index (χ3v) is 4.53. The van der Waals surface area contributed by atoms with Crippen molar-refractivity contribution in [3.8, 4) is 0 Å². The van der Waals surface area contributed by atoms with Crippen LogP contribution in [0.1, 0.15) is 25.7 Å². The second-order valence-electron chi connectivity index (χ2n) is 5.18. The van der Waals surface area contributed by atoms with Gasteiger partial charge in [-0.3, -0.25) is 0 Å². The van der Waals surface area contributed by atoms with Gasteiger partial charge in [0.2, 0.25) is 0 Å². The molecule has 2 aromatic rings. The summed E-state index contributed by atoms with van der Waals surface area (Å²) in [5.41, 5.74) is 0. The SMILES string of the molecule is BrCCCC1CCCN1c1nccc2ccccc12. The van der Waals surface area contributed by atoms with Crippen LogP contribution in [-0.2, 0) is 0 Å². The first kappa shape index (κ1) is 12.9. The van der Waals surface area contributed by atoms with Crippen LogP contribution in [0.5, 0.6) is 0 Å². The van der Waals surface area contributed by atoms with E-state index in [2.05, 4.69) is 56.1 Å². The molecule has 0 spiro atoms. The monoisotopic (exact) mass is 318 g/mol. The van der Waals surface area contributed by atoms with Crippen LogP contribution in [-0.4, -0.2) is 22.9 Å². The van der Waals surface area contributed by atoms with Gasteiger partial charge in [0.1, 0.15) is 5.82 Å². The summed E-state index contributed by atoms with van der Waals surface area (Å²) in [6.07, 6.45) is 7.04. The standard InChI is InChI=1S/C16H19BrN2/c17-10-3-6-14-7-4-12-19(14)16-15-8-2-1-5-13(15)9-11-18-16/h1-2,5,8-9,11,14H,3-4,6-7,10,12H2. The number of benzene rings is 1. The molecular weight excluding hydrogens is 300 g/mol. The van der Waals surface area contributed by atoms with Gasteiger partial charge in [-0.2, -0.15) is 0 Å². The summed E-state index contributed by atoms with van der Waals surface area (Å²) in [6, 6.07) is 11.3. The first-order valence-corrected chi connectivity index (χ1v) is 8.18. The van der Waals surface area contributed by atoms with Crippen LogP contribution in [0, 0.1) is 0 Å². The molecule has 1 aromatic heterocycles. The van der Waals surface area contributed by atoms with Crippen LogP contribution in [0.3, 0.4) is 0 Å². The quantitative estimate of drug-likeness (QED) is 0.778. The van der Waals surface area contributed by atoms with Crippen LogP contribution in [0.2, 0.25) is 0 Å². The first-order chi connectivity index (χ1) is 9.40. The highest BCUT2D eigenvalue weighted by molar-refractivity contribution is 9.09. The van der Waals surface area contributed by atoms with Crippen LogP contribution in [0.25, 0.3) is 10.8 Å². The Bertz CT molecular complexity index is 550. The van der Waals surface area contributed by atoms with Crippen molar-refractivity contribution in [2.75, 3.05) is 16.8 Å². The minimum absolute atomic E-state index is 0.663. The molecule has 3 heteroatoms. The van der Waals surface area contributed by atoms with Gasteiger partial charge in [-0.05, 0) is 37.1 Å². The molecule has 0 N–H and O–H groups in total. The van der Waals surface area contributed by atoms with Gasteiger partial charge in [-0.25, -0.2) is 4.98 Å². The smallest absolute Gasteiger partial charge is 0.136 e. The summed E-state index contributed by atoms with van der Waals surface area (Å²) in [5.74, 6) is 1.18. The zero-order valence-corrected chi connectivity index (χ0v) is 12.6. The van der Waals surface area contributed by atoms with E-state index < -0.39 is 0 Å². The van der Waals surface area contributed by atoms with Crippen LogP contribution < -0.4 is 4.90 Å². The van der Waals surface area contributed by atoms with E-state index in [1.807, 2.05) is 6.20 Å². The molecule has 1 aliphatic heterocycles. The number of nitrogens with zero attached hydrogens (tertiary/aromatic N) is 2. The fourth-order valence-electron chi connectivity index (χ4n) is 3.06. The van der Waals surface area contributed by atoms with Gasteiger partial charge >= 0.3 is 0 Å². The molecule has 0 amide bonds. The van der Waals surface area contributed by atoms with Crippen molar-refractivity contribution >= 4 is 32.5 Å². The average molecular weight is 319 g/mol. The normalized spacial score (nSPS) is 19.2. The molecule has 19 heavy (non-hydrogen) atoms. The van der Waals surface area contributed by atoms with Crippen molar-refractivity contribution in [3.05, 3.63) is 36.5 Å². The van der Waals surface area contributed by atoms with Gasteiger partial charge < -0.3 is 4.90 Å². The molecule has 100 valence electrons. The maximum Gasteiger partial charge on any atom is 0.136 e. The van der Waals surface area contributed by atoms with E-state index in [4.69, 9.17) is 0 Å². The Kier molecular flexibility index (Phi) is 4.02. The first-order valence-electron chi connectivity index (χ1n) is 7.06. The summed E-state index contributed by atoms with van der Waals surface area (Å²) in [7, 11) is 0. The number of halogens is 1. The lowest BCUT2D eigenvalue weighted by Gasteiger charge is -2.26. The van der Waals surface area contributed by atoms with Gasteiger partial charge in [0.15, 0.2) is 0 Å². The Labute approximate surface area is 123 Å². The zero-order valence-electron chi connectivity index (χ0n) is 11.1. The zero-order chi connectivity index (χ0) is 13.1. The summed E-state index contributed by atoms with van der Waals surface area (Å²) >= 11 is 3.54. The predicted molar refractivity (Wildman–Crippen MR) is 85.1 cm³/mol. The highest BCUT2D eigenvalue weighted by Crippen LogP contribution is 2.31. The van der Waals surface area contributed by atoms with Crippen molar-refractivity contribution in [1.82, 2.24) is 4.98 Å². The molecule has 2 nitrogen and oxygen atoms in total. The molecule has 1 atom stereocenters. The average Bonchev–Trinajstić information content (AvgIpc) is 2.92. The second-order valence-corrected chi connectivity index (χ2v) is 5.97. The van der Waals surface area contributed by atoms with Crippen molar-refractivity contribution in [1.29, 1.82) is 0 Å². The van der Waals surface area contributed by atoms with E-state index in [9.17, 15) is 0 Å². The number of alkyl halides is 1. The third-order valence-electron chi connectivity index (χ3n) is 3.97. The van der Waals surface area contributed by atoms with Crippen molar-refractivity contribution in [2.45, 2.75) is 31.7 Å². The minimum Gasteiger partial charge on any atom is -0.353 e. The maximum atomic E-state index is 4.66. The second kappa shape index (κ2) is 5.91. The molecule has 3 rings (SSSR count). The van der Waals surface area contributed by atoms with Gasteiger partial charge in [-0.15, -0.1) is 0 Å². The van der Waals surface area contributed by atoms with Gasteiger partial charge in [-0.1, -0.05) is 40.2 Å². The van der Waals surface area contributed by atoms with Gasteiger partial charge in [0, 0.05) is 29.5 Å². The van der Waals surface area contributed by atoms with Crippen LogP contribution in [0.15, 0.2) is 36.5 Å². The van der Waals surface area contributed by atoms with Crippen LogP contribution >= 0.6 is 15.9 Å². The predicted octanol–water partition coefficient (Wildman–Crippen LogP) is 4.38. The van der Waals surface area contributed by atoms with E-state index in [-0.39, 0.29) is 0 Å². The Balaban J connectivity index is 1.94. The fourth-order valence-corrected chi connectivity index (χ4v) is 3.38. The van der Waals surface area contributed by atoms with Gasteiger partial charge in [0.25, 0.3) is 0 Å². The molecule has 2 heterocycles. The lowest BCUT2D eigenvalue weighted by molar-refractivity contribution is 0.601. The molecule has 1 aliphatic rings. The summed E-state index contributed by atoms with van der Waals surface area (Å²) in [4.78, 5) is 7.18. The Morgan fingerprint density at radius 1 is 1.26 bits per heavy atom. The lowest BCUT2D eigenvalue weighted by atomic mass is 10.1. The summed E-state index contributed by atoms with van der Waals surface area (Å²) in [5, 5.41) is 3.68. The number of rotatable bonds is 4. The van der Waals surface area contributed by atoms with Crippen LogP contribution in [0.4, 0.5) is 5.82 Å². The fraction of sp³-hybridized carbons (Fsp3) is 0.438. The number of anilines is 1. The van der Waals surface area contributed by atoms with E-state index in [1.165, 1.54) is 42.3 Å². The summed E-state index contributed by atoms with van der Waals surface area (Å²) in [6.45, 7) is 1.15. The molecule has 0 saturated carbocycles. The Morgan fingerprint density at radius 2 is 2.16 bits per heavy atom. The highest BCUT2D eigenvalue weighted by Gasteiger charge is 2.26. The molecule has 1 saturated heterocycles. The van der Waals surface area contributed by atoms with E-state index >= 15 is 0 Å². The lowest BCUT2D eigenvalue weighted by Crippen LogP contribution is -2.30. The summed E-state index contributed by atoms with van der Waals surface area (Å²) < 4.78 is 0. The number of aromatic nitrogens is 1. The molecule has 0 bridgehead atoms. The van der Waals surface area contributed by atoms with E-state index in [1.54, 1.807) is 0 Å². The van der Waals surface area contributed by atoms with E-state index in [0.29, 0.717) is 6.04 Å². The van der Waals surface area contributed by atoms with Crippen molar-refractivity contribution < 1.29 is 0 Å². The number of hydrogen-bond acceptors (Lipinski definition) is 2. The largest absolute Gasteiger partial charge is 0.353 e. The number of pyridine rings is 1. The number of hydrogen-bond donors (Lipinski definition) is 0. The highest BCUT2D eigenvalue weighted by atomic mass is 79.9. The van der Waals surface area contributed by atoms with Crippen molar-refractivity contribution in [3.63, 3.8) is 0 Å². The molecule has 1 aromatic carbocycles. The van der Waals surface area contributed by atoms with Gasteiger partial charge in [0.05, 0.1) is 0 Å². The Hall–Kier alpha value is -1.09. The topological polar surface area (TPSA) is 16.1 Å². The molecular formula is C16H19BrN2.